The van der Waals surface area contributed by atoms with Crippen LogP contribution in [0, 0.1) is 0 Å². The van der Waals surface area contributed by atoms with Gasteiger partial charge in [0.05, 0.1) is 0 Å². The van der Waals surface area contributed by atoms with Crippen LogP contribution < -0.4 is 4.90 Å². The van der Waals surface area contributed by atoms with Crippen molar-refractivity contribution < 1.29 is 4.79 Å². The highest BCUT2D eigenvalue weighted by Gasteiger charge is 2.13. The number of carbonyl (C=O) groups excluding carboxylic acids is 1. The summed E-state index contributed by atoms with van der Waals surface area (Å²) in [6, 6.07) is 6.60. The van der Waals surface area contributed by atoms with Crippen LogP contribution in [0.2, 0.25) is 0 Å². The third kappa shape index (κ3) is 2.20. The molecule has 0 N–H and O–H groups in total. The first kappa shape index (κ1) is 10.2. The van der Waals surface area contributed by atoms with Gasteiger partial charge in [-0.3, -0.25) is 0 Å². The van der Waals surface area contributed by atoms with Crippen LogP contribution >= 0.6 is 0 Å². The number of nitrogens with zero attached hydrogens (tertiary/aromatic N) is 1. The van der Waals surface area contributed by atoms with Crippen molar-refractivity contribution in [3.8, 4) is 0 Å². The molecule has 1 aromatic carbocycles. The largest absolute Gasteiger partial charge is 0.374 e. The molecule has 0 bridgehead atoms. The zero-order valence-corrected chi connectivity index (χ0v) is 9.20. The molecule has 2 heteroatoms. The van der Waals surface area contributed by atoms with Crippen molar-refractivity contribution in [2.24, 2.45) is 0 Å². The smallest absolute Gasteiger partial charge is 0.120 e. The minimum absolute atomic E-state index is 0.627. The summed E-state index contributed by atoms with van der Waals surface area (Å²) >= 11 is 0. The van der Waals surface area contributed by atoms with Gasteiger partial charge < -0.3 is 9.69 Å². The van der Waals surface area contributed by atoms with Crippen molar-refractivity contribution >= 4 is 12.0 Å². The molecule has 2 rings (SSSR count). The van der Waals surface area contributed by atoms with E-state index in [0.29, 0.717) is 6.42 Å². The molecular weight excluding hydrogens is 186 g/mol. The van der Waals surface area contributed by atoms with Crippen molar-refractivity contribution in [2.75, 3.05) is 18.5 Å². The zero-order chi connectivity index (χ0) is 10.7. The van der Waals surface area contributed by atoms with Crippen molar-refractivity contribution in [2.45, 2.75) is 25.7 Å². The predicted octanol–water partition coefficient (Wildman–Crippen LogP) is 2.20. The van der Waals surface area contributed by atoms with Gasteiger partial charge in [0.2, 0.25) is 0 Å². The number of benzene rings is 1. The van der Waals surface area contributed by atoms with Crippen LogP contribution in [0.15, 0.2) is 18.2 Å². The van der Waals surface area contributed by atoms with Crippen molar-refractivity contribution in [3.63, 3.8) is 0 Å². The molecule has 1 heterocycles. The first-order valence-corrected chi connectivity index (χ1v) is 5.58. The van der Waals surface area contributed by atoms with E-state index in [2.05, 4.69) is 30.1 Å². The lowest BCUT2D eigenvalue weighted by Crippen LogP contribution is -2.24. The summed E-state index contributed by atoms with van der Waals surface area (Å²) in [5.74, 6) is 0. The highest BCUT2D eigenvalue weighted by atomic mass is 16.1. The molecule has 80 valence electrons. The standard InChI is InChI=1S/C13H17NO/c1-14-8-2-5-12-7-6-11(4-3-9-15)10-13(12)14/h6-7,9-10H,2-5,8H2,1H3. The van der Waals surface area contributed by atoms with Gasteiger partial charge >= 0.3 is 0 Å². The summed E-state index contributed by atoms with van der Waals surface area (Å²) < 4.78 is 0. The molecule has 0 spiro atoms. The summed E-state index contributed by atoms with van der Waals surface area (Å²) in [7, 11) is 2.14. The Hall–Kier alpha value is -1.31. The summed E-state index contributed by atoms with van der Waals surface area (Å²) in [6.45, 7) is 1.14. The third-order valence-electron chi connectivity index (χ3n) is 3.05. The van der Waals surface area contributed by atoms with Gasteiger partial charge in [-0.15, -0.1) is 0 Å². The van der Waals surface area contributed by atoms with Gasteiger partial charge in [0.25, 0.3) is 0 Å². The van der Waals surface area contributed by atoms with Crippen LogP contribution in [0.4, 0.5) is 5.69 Å². The average molecular weight is 203 g/mol. The maximum absolute atomic E-state index is 10.3. The Morgan fingerprint density at radius 2 is 2.33 bits per heavy atom. The fourth-order valence-electron chi connectivity index (χ4n) is 2.18. The molecule has 0 saturated carbocycles. The SMILES string of the molecule is CN1CCCc2ccc(CCC=O)cc21. The molecule has 2 nitrogen and oxygen atoms in total. The van der Waals surface area contributed by atoms with Crippen LogP contribution in [0.3, 0.4) is 0 Å². The van der Waals surface area contributed by atoms with Gasteiger partial charge in [-0.05, 0) is 36.5 Å². The third-order valence-corrected chi connectivity index (χ3v) is 3.05. The first-order valence-electron chi connectivity index (χ1n) is 5.58. The Morgan fingerprint density at radius 3 is 3.13 bits per heavy atom. The number of aldehydes is 1. The fourth-order valence-corrected chi connectivity index (χ4v) is 2.18. The lowest BCUT2D eigenvalue weighted by atomic mass is 9.98. The number of anilines is 1. The van der Waals surface area contributed by atoms with E-state index in [9.17, 15) is 4.79 Å². The van der Waals surface area contributed by atoms with Gasteiger partial charge in [0.1, 0.15) is 6.29 Å². The molecule has 0 atom stereocenters. The molecule has 1 aliphatic rings. The van der Waals surface area contributed by atoms with Gasteiger partial charge in [-0.1, -0.05) is 12.1 Å². The predicted molar refractivity (Wildman–Crippen MR) is 62.4 cm³/mol. The second-order valence-electron chi connectivity index (χ2n) is 4.19. The molecule has 1 aromatic rings. The van der Waals surface area contributed by atoms with Crippen LogP contribution in [-0.2, 0) is 17.6 Å². The lowest BCUT2D eigenvalue weighted by molar-refractivity contribution is -0.107. The van der Waals surface area contributed by atoms with Crippen LogP contribution in [0.1, 0.15) is 24.0 Å². The normalized spacial score (nSPS) is 14.9. The number of fused-ring (bicyclic) bond motifs is 1. The minimum Gasteiger partial charge on any atom is -0.374 e. The quantitative estimate of drug-likeness (QED) is 0.702. The van der Waals surface area contributed by atoms with E-state index in [4.69, 9.17) is 0 Å². The van der Waals surface area contributed by atoms with Crippen LogP contribution in [-0.4, -0.2) is 19.9 Å². The molecule has 0 radical (unpaired) electrons. The Kier molecular flexibility index (Phi) is 3.05. The van der Waals surface area contributed by atoms with Crippen LogP contribution in [0.5, 0.6) is 0 Å². The number of carbonyl (C=O) groups is 1. The summed E-state index contributed by atoms with van der Waals surface area (Å²) in [6.07, 6.45) is 4.92. The minimum atomic E-state index is 0.627. The molecule has 0 amide bonds. The number of rotatable bonds is 3. The molecule has 0 aromatic heterocycles. The van der Waals surface area contributed by atoms with E-state index >= 15 is 0 Å². The van der Waals surface area contributed by atoms with Crippen molar-refractivity contribution in [3.05, 3.63) is 29.3 Å². The maximum Gasteiger partial charge on any atom is 0.120 e. The molecule has 1 aliphatic heterocycles. The van der Waals surface area contributed by atoms with Gasteiger partial charge in [0, 0.05) is 25.7 Å². The molecule has 0 saturated heterocycles. The number of aryl methyl sites for hydroxylation is 2. The van der Waals surface area contributed by atoms with E-state index in [0.717, 1.165) is 19.3 Å². The summed E-state index contributed by atoms with van der Waals surface area (Å²) in [4.78, 5) is 12.6. The zero-order valence-electron chi connectivity index (χ0n) is 9.20. The van der Waals surface area contributed by atoms with E-state index in [1.54, 1.807) is 0 Å². The Morgan fingerprint density at radius 1 is 1.47 bits per heavy atom. The van der Waals surface area contributed by atoms with Gasteiger partial charge in [-0.2, -0.15) is 0 Å². The van der Waals surface area contributed by atoms with Crippen molar-refractivity contribution in [1.29, 1.82) is 0 Å². The summed E-state index contributed by atoms with van der Waals surface area (Å²) in [5, 5.41) is 0. The first-order chi connectivity index (χ1) is 7.31. The Labute approximate surface area is 90.9 Å². The van der Waals surface area contributed by atoms with E-state index < -0.39 is 0 Å². The maximum atomic E-state index is 10.3. The second-order valence-corrected chi connectivity index (χ2v) is 4.19. The lowest BCUT2D eigenvalue weighted by Gasteiger charge is -2.28. The fraction of sp³-hybridized carbons (Fsp3) is 0.462. The van der Waals surface area contributed by atoms with Crippen molar-refractivity contribution in [1.82, 2.24) is 0 Å². The molecule has 15 heavy (non-hydrogen) atoms. The molecular formula is C13H17NO. The highest BCUT2D eigenvalue weighted by Crippen LogP contribution is 2.27. The van der Waals surface area contributed by atoms with Gasteiger partial charge in [0.15, 0.2) is 0 Å². The average Bonchev–Trinajstić information content (AvgIpc) is 2.27. The molecule has 0 aliphatic carbocycles. The highest BCUT2D eigenvalue weighted by molar-refractivity contribution is 5.57. The van der Waals surface area contributed by atoms with E-state index in [1.165, 1.54) is 29.7 Å². The number of hydrogen-bond acceptors (Lipinski definition) is 2. The second kappa shape index (κ2) is 4.47. The molecule has 0 fully saturated rings. The Bertz CT molecular complexity index is 360. The number of hydrogen-bond donors (Lipinski definition) is 0. The molecule has 0 unspecified atom stereocenters. The van der Waals surface area contributed by atoms with E-state index in [-0.39, 0.29) is 0 Å². The topological polar surface area (TPSA) is 20.3 Å². The Balaban J connectivity index is 2.23. The monoisotopic (exact) mass is 203 g/mol. The van der Waals surface area contributed by atoms with Gasteiger partial charge in [-0.25, -0.2) is 0 Å². The van der Waals surface area contributed by atoms with Crippen LogP contribution in [0.25, 0.3) is 0 Å². The summed E-state index contributed by atoms with van der Waals surface area (Å²) in [5.41, 5.74) is 4.07. The van der Waals surface area contributed by atoms with E-state index in [1.807, 2.05) is 0 Å².